The lowest BCUT2D eigenvalue weighted by Gasteiger charge is -2.34. The van der Waals surface area contributed by atoms with E-state index in [9.17, 15) is 9.90 Å². The summed E-state index contributed by atoms with van der Waals surface area (Å²) in [5.74, 6) is -0.567. The van der Waals surface area contributed by atoms with Gasteiger partial charge in [0.1, 0.15) is 0 Å². The highest BCUT2D eigenvalue weighted by atomic mass is 16.5. The van der Waals surface area contributed by atoms with Gasteiger partial charge >= 0.3 is 5.97 Å². The first kappa shape index (κ1) is 25.9. The molecular weight excluding hydrogens is 478 g/mol. The second-order valence-corrected chi connectivity index (χ2v) is 9.78. The van der Waals surface area contributed by atoms with Crippen LogP contribution in [0, 0.1) is 0 Å². The normalized spacial score (nSPS) is 15.8. The van der Waals surface area contributed by atoms with Crippen molar-refractivity contribution >= 4 is 33.7 Å². The second kappa shape index (κ2) is 11.7. The van der Waals surface area contributed by atoms with Gasteiger partial charge < -0.3 is 25.2 Å². The van der Waals surface area contributed by atoms with Crippen LogP contribution in [0.3, 0.4) is 0 Å². The van der Waals surface area contributed by atoms with Gasteiger partial charge in [-0.1, -0.05) is 54.6 Å². The average Bonchev–Trinajstić information content (AvgIpc) is 2.95. The van der Waals surface area contributed by atoms with Gasteiger partial charge in [0, 0.05) is 42.2 Å². The van der Waals surface area contributed by atoms with Crippen molar-refractivity contribution in [2.75, 3.05) is 26.7 Å². The molecule has 1 fully saturated rings. The Hall–Kier alpha value is -3.78. The van der Waals surface area contributed by atoms with Crippen LogP contribution in [0.2, 0.25) is 0 Å². The topological polar surface area (TPSA) is 94.9 Å². The summed E-state index contributed by atoms with van der Waals surface area (Å²) in [5.41, 5.74) is 3.38. The van der Waals surface area contributed by atoms with Gasteiger partial charge in [-0.25, -0.2) is 9.78 Å². The molecule has 1 saturated heterocycles. The molecular formula is C31H33N3O4. The van der Waals surface area contributed by atoms with Gasteiger partial charge in [0.15, 0.2) is 0 Å². The lowest BCUT2D eigenvalue weighted by Crippen LogP contribution is -2.43. The third kappa shape index (κ3) is 5.86. The number of fused-ring (bicyclic) bond motifs is 2. The number of aliphatic hydroxyl groups is 1. The van der Waals surface area contributed by atoms with Crippen molar-refractivity contribution < 1.29 is 19.7 Å². The van der Waals surface area contributed by atoms with Gasteiger partial charge in [-0.15, -0.1) is 0 Å². The molecule has 1 atom stereocenters. The van der Waals surface area contributed by atoms with E-state index in [-0.39, 0.29) is 0 Å². The Bertz CT molecular complexity index is 1460. The smallest absolute Gasteiger partial charge is 0.328 e. The van der Waals surface area contributed by atoms with Gasteiger partial charge in [0.05, 0.1) is 18.7 Å². The van der Waals surface area contributed by atoms with E-state index in [1.807, 2.05) is 18.2 Å². The van der Waals surface area contributed by atoms with E-state index in [2.05, 4.69) is 57.7 Å². The zero-order valence-corrected chi connectivity index (χ0v) is 21.5. The predicted octanol–water partition coefficient (Wildman–Crippen LogP) is 4.78. The van der Waals surface area contributed by atoms with Crippen molar-refractivity contribution in [2.24, 2.45) is 0 Å². The SMILES string of the molecule is COc1ccc2c(/C=C/C(=O)O)ccc(C(O)CN3CCC(NCc4cccc5ccccc45)CC3)c2n1. The van der Waals surface area contributed by atoms with Crippen LogP contribution in [-0.2, 0) is 11.3 Å². The molecule has 3 aromatic carbocycles. The fraction of sp³-hybridized carbons (Fsp3) is 0.290. The minimum Gasteiger partial charge on any atom is -0.481 e. The summed E-state index contributed by atoms with van der Waals surface area (Å²) >= 11 is 0. The van der Waals surface area contributed by atoms with Crippen LogP contribution >= 0.6 is 0 Å². The van der Waals surface area contributed by atoms with Crippen molar-refractivity contribution in [3.8, 4) is 5.88 Å². The molecule has 0 saturated carbocycles. The van der Waals surface area contributed by atoms with Gasteiger partial charge in [-0.3, -0.25) is 0 Å². The number of pyridine rings is 1. The monoisotopic (exact) mass is 511 g/mol. The third-order valence-corrected chi connectivity index (χ3v) is 7.35. The van der Waals surface area contributed by atoms with Crippen LogP contribution in [0.25, 0.3) is 27.8 Å². The van der Waals surface area contributed by atoms with Crippen LogP contribution in [0.15, 0.2) is 72.8 Å². The number of carboxylic acids is 1. The van der Waals surface area contributed by atoms with Crippen molar-refractivity contribution in [3.63, 3.8) is 0 Å². The molecule has 0 bridgehead atoms. The molecule has 2 heterocycles. The highest BCUT2D eigenvalue weighted by Crippen LogP contribution is 2.30. The second-order valence-electron chi connectivity index (χ2n) is 9.78. The van der Waals surface area contributed by atoms with Crippen LogP contribution in [0.4, 0.5) is 0 Å². The molecule has 3 N–H and O–H groups in total. The first-order valence-corrected chi connectivity index (χ1v) is 13.0. The number of likely N-dealkylation sites (tertiary alicyclic amines) is 1. The van der Waals surface area contributed by atoms with Crippen LogP contribution in [-0.4, -0.2) is 58.9 Å². The minimum absolute atomic E-state index is 0.439. The van der Waals surface area contributed by atoms with Crippen LogP contribution in [0.5, 0.6) is 5.88 Å². The highest BCUT2D eigenvalue weighted by molar-refractivity contribution is 5.94. The van der Waals surface area contributed by atoms with Crippen molar-refractivity contribution in [1.29, 1.82) is 0 Å². The van der Waals surface area contributed by atoms with Gasteiger partial charge in [0.25, 0.3) is 0 Å². The van der Waals surface area contributed by atoms with Crippen LogP contribution in [0.1, 0.15) is 35.6 Å². The summed E-state index contributed by atoms with van der Waals surface area (Å²) in [6.07, 6.45) is 3.96. The molecule has 0 spiro atoms. The van der Waals surface area contributed by atoms with E-state index in [4.69, 9.17) is 9.84 Å². The summed E-state index contributed by atoms with van der Waals surface area (Å²) in [6.45, 7) is 3.15. The third-order valence-electron chi connectivity index (χ3n) is 7.35. The molecule has 0 radical (unpaired) electrons. The summed E-state index contributed by atoms with van der Waals surface area (Å²) in [5, 5.41) is 27.3. The molecule has 38 heavy (non-hydrogen) atoms. The molecule has 7 heteroatoms. The molecule has 0 amide bonds. The van der Waals surface area contributed by atoms with E-state index < -0.39 is 12.1 Å². The predicted molar refractivity (Wildman–Crippen MR) is 150 cm³/mol. The van der Waals surface area contributed by atoms with Crippen molar-refractivity contribution in [2.45, 2.75) is 31.5 Å². The Balaban J connectivity index is 1.23. The quantitative estimate of drug-likeness (QED) is 0.278. The fourth-order valence-electron chi connectivity index (χ4n) is 5.30. The van der Waals surface area contributed by atoms with Crippen molar-refractivity contribution in [1.82, 2.24) is 15.2 Å². The number of rotatable bonds is 9. The first-order valence-electron chi connectivity index (χ1n) is 13.0. The molecule has 5 rings (SSSR count). The molecule has 196 valence electrons. The van der Waals surface area contributed by atoms with Crippen LogP contribution < -0.4 is 10.1 Å². The number of hydrogen-bond donors (Lipinski definition) is 3. The Kier molecular flexibility index (Phi) is 7.98. The molecule has 7 nitrogen and oxygen atoms in total. The molecule has 0 aliphatic carbocycles. The van der Waals surface area contributed by atoms with E-state index in [0.717, 1.165) is 49.5 Å². The standard InChI is InChI=1S/C31H33N3O4/c1-38-29-13-12-26-22(10-14-30(36)37)9-11-27(31(26)33-29)28(35)20-34-17-15-24(16-18-34)32-19-23-7-4-6-21-5-2-3-8-25(21)23/h2-14,24,28,32,35H,15-20H2,1H3,(H,36,37)/b14-10+. The molecule has 1 aromatic heterocycles. The maximum atomic E-state index is 11.2. The number of β-amino-alcohol motifs (C(OH)–C–C–N with tert-alkyl or cyclic N) is 1. The number of hydrogen-bond acceptors (Lipinski definition) is 6. The lowest BCUT2D eigenvalue weighted by atomic mass is 9.98. The summed E-state index contributed by atoms with van der Waals surface area (Å²) in [4.78, 5) is 17.9. The number of piperidine rings is 1. The number of nitrogens with one attached hydrogen (secondary N) is 1. The number of aliphatic hydroxyl groups excluding tert-OH is 1. The summed E-state index contributed by atoms with van der Waals surface area (Å²) in [6, 6.07) is 22.7. The maximum Gasteiger partial charge on any atom is 0.328 e. The number of aliphatic carboxylic acids is 1. The van der Waals surface area contributed by atoms with Gasteiger partial charge in [-0.2, -0.15) is 0 Å². The van der Waals surface area contributed by atoms with E-state index in [0.29, 0.717) is 29.5 Å². The Morgan fingerprint density at radius 3 is 2.66 bits per heavy atom. The number of carboxylic acid groups (broad SMARTS) is 1. The number of methoxy groups -OCH3 is 1. The number of aromatic nitrogens is 1. The van der Waals surface area contributed by atoms with Gasteiger partial charge in [-0.05, 0) is 60.0 Å². The average molecular weight is 512 g/mol. The number of nitrogens with zero attached hydrogens (tertiary/aromatic N) is 2. The van der Waals surface area contributed by atoms with Gasteiger partial charge in [0.2, 0.25) is 5.88 Å². The van der Waals surface area contributed by atoms with E-state index >= 15 is 0 Å². The van der Waals surface area contributed by atoms with E-state index in [1.54, 1.807) is 19.3 Å². The number of carbonyl (C=O) groups is 1. The highest BCUT2D eigenvalue weighted by Gasteiger charge is 2.23. The maximum absolute atomic E-state index is 11.2. The first-order chi connectivity index (χ1) is 18.5. The van der Waals surface area contributed by atoms with E-state index in [1.165, 1.54) is 16.3 Å². The number of ether oxygens (including phenoxy) is 1. The zero-order chi connectivity index (χ0) is 26.5. The Morgan fingerprint density at radius 1 is 1.08 bits per heavy atom. The largest absolute Gasteiger partial charge is 0.481 e. The molecule has 4 aromatic rings. The summed E-state index contributed by atoms with van der Waals surface area (Å²) in [7, 11) is 1.55. The lowest BCUT2D eigenvalue weighted by molar-refractivity contribution is -0.131. The zero-order valence-electron chi connectivity index (χ0n) is 21.5. The molecule has 1 unspecified atom stereocenters. The summed E-state index contributed by atoms with van der Waals surface area (Å²) < 4.78 is 5.31. The molecule has 1 aliphatic heterocycles. The Morgan fingerprint density at radius 2 is 1.87 bits per heavy atom. The van der Waals surface area contributed by atoms with Crippen molar-refractivity contribution in [3.05, 3.63) is 89.5 Å². The fourth-order valence-corrected chi connectivity index (χ4v) is 5.30. The number of benzene rings is 3. The Labute approximate surface area is 222 Å². The minimum atomic E-state index is -1.02. The molecule has 1 aliphatic rings.